The van der Waals surface area contributed by atoms with E-state index < -0.39 is 0 Å². The van der Waals surface area contributed by atoms with Crippen LogP contribution in [-0.4, -0.2) is 50.7 Å². The van der Waals surface area contributed by atoms with Crippen LogP contribution in [0.15, 0.2) is 24.5 Å². The highest BCUT2D eigenvalue weighted by Crippen LogP contribution is 2.34. The number of carbonyl (C=O) groups excluding carboxylic acids is 1. The van der Waals surface area contributed by atoms with Crippen molar-refractivity contribution in [2.45, 2.75) is 44.3 Å². The zero-order valence-electron chi connectivity index (χ0n) is 13.2. The maximum atomic E-state index is 12.7. The van der Waals surface area contributed by atoms with Crippen LogP contribution < -0.4 is 0 Å². The lowest BCUT2D eigenvalue weighted by atomic mass is 10.0. The molecule has 0 aromatic carbocycles. The van der Waals surface area contributed by atoms with Crippen LogP contribution in [0.2, 0.25) is 0 Å². The monoisotopic (exact) mass is 300 g/mol. The maximum Gasteiger partial charge on any atom is 0.226 e. The van der Waals surface area contributed by atoms with Crippen LogP contribution in [-0.2, 0) is 18.4 Å². The lowest BCUT2D eigenvalue weighted by Gasteiger charge is -2.27. The van der Waals surface area contributed by atoms with E-state index in [-0.39, 0.29) is 5.92 Å². The summed E-state index contributed by atoms with van der Waals surface area (Å²) >= 11 is 0. The second-order valence-corrected chi connectivity index (χ2v) is 6.88. The Balaban J connectivity index is 1.41. The molecule has 5 heteroatoms. The second kappa shape index (κ2) is 5.54. The van der Waals surface area contributed by atoms with E-state index >= 15 is 0 Å². The largest absolute Gasteiger partial charge is 0.338 e. The molecule has 1 amide bonds. The molecule has 0 radical (unpaired) electrons. The van der Waals surface area contributed by atoms with E-state index in [0.29, 0.717) is 18.0 Å². The van der Waals surface area contributed by atoms with Gasteiger partial charge in [-0.25, -0.2) is 0 Å². The van der Waals surface area contributed by atoms with Crippen molar-refractivity contribution in [1.82, 2.24) is 19.6 Å². The van der Waals surface area contributed by atoms with E-state index in [2.05, 4.69) is 33.2 Å². The molecule has 0 bridgehead atoms. The normalized spacial score (nSPS) is 28.7. The van der Waals surface area contributed by atoms with Gasteiger partial charge in [-0.15, -0.1) is 0 Å². The van der Waals surface area contributed by atoms with Crippen molar-refractivity contribution in [2.24, 2.45) is 13.0 Å². The lowest BCUT2D eigenvalue weighted by Crippen LogP contribution is -2.42. The number of aryl methyl sites for hydroxylation is 1. The van der Waals surface area contributed by atoms with E-state index in [1.807, 2.05) is 17.9 Å². The summed E-state index contributed by atoms with van der Waals surface area (Å²) in [4.78, 5) is 17.4. The van der Waals surface area contributed by atoms with Gasteiger partial charge < -0.3 is 4.90 Å². The minimum atomic E-state index is 0.214. The number of fused-ring (bicyclic) bond motifs is 1. The van der Waals surface area contributed by atoms with Gasteiger partial charge >= 0.3 is 0 Å². The van der Waals surface area contributed by atoms with Crippen LogP contribution in [0.4, 0.5) is 0 Å². The van der Waals surface area contributed by atoms with E-state index in [0.717, 1.165) is 45.3 Å². The number of nitrogens with zero attached hydrogens (tertiary/aromatic N) is 4. The molecule has 3 aliphatic rings. The molecule has 22 heavy (non-hydrogen) atoms. The summed E-state index contributed by atoms with van der Waals surface area (Å²) in [6.45, 7) is 2.99. The number of rotatable bonds is 3. The third-order valence-corrected chi connectivity index (χ3v) is 5.48. The molecular weight excluding hydrogens is 276 g/mol. The van der Waals surface area contributed by atoms with Crippen LogP contribution in [0.25, 0.3) is 0 Å². The average Bonchev–Trinajstić information content (AvgIpc) is 3.24. The average molecular weight is 300 g/mol. The smallest absolute Gasteiger partial charge is 0.226 e. The summed E-state index contributed by atoms with van der Waals surface area (Å²) in [6, 6.07) is 0.975. The van der Waals surface area contributed by atoms with Gasteiger partial charge in [0.15, 0.2) is 0 Å². The predicted molar refractivity (Wildman–Crippen MR) is 84.0 cm³/mol. The van der Waals surface area contributed by atoms with Crippen LogP contribution in [0, 0.1) is 5.92 Å². The first-order chi connectivity index (χ1) is 10.7. The van der Waals surface area contributed by atoms with E-state index in [9.17, 15) is 4.79 Å². The van der Waals surface area contributed by atoms with Crippen LogP contribution >= 0.6 is 0 Å². The summed E-state index contributed by atoms with van der Waals surface area (Å²) in [5.41, 5.74) is 1.27. The summed E-state index contributed by atoms with van der Waals surface area (Å²) in [7, 11) is 1.96. The molecule has 4 rings (SSSR count). The fourth-order valence-corrected chi connectivity index (χ4v) is 4.39. The van der Waals surface area contributed by atoms with Gasteiger partial charge in [-0.3, -0.25) is 14.4 Å². The number of hydrogen-bond donors (Lipinski definition) is 0. The Morgan fingerprint density at radius 1 is 1.23 bits per heavy atom. The van der Waals surface area contributed by atoms with Gasteiger partial charge in [0.1, 0.15) is 0 Å². The first kappa shape index (κ1) is 14.0. The van der Waals surface area contributed by atoms with Gasteiger partial charge in [0, 0.05) is 56.4 Å². The van der Waals surface area contributed by atoms with Gasteiger partial charge in [0.25, 0.3) is 0 Å². The Morgan fingerprint density at radius 2 is 2.00 bits per heavy atom. The highest BCUT2D eigenvalue weighted by atomic mass is 16.2. The molecule has 3 heterocycles. The topological polar surface area (TPSA) is 41.4 Å². The zero-order valence-corrected chi connectivity index (χ0v) is 13.2. The third kappa shape index (κ3) is 2.37. The molecule has 0 N–H and O–H groups in total. The van der Waals surface area contributed by atoms with Gasteiger partial charge in [0.05, 0.1) is 6.20 Å². The van der Waals surface area contributed by atoms with Crippen molar-refractivity contribution in [3.8, 4) is 0 Å². The number of aromatic nitrogens is 2. The molecule has 2 aliphatic heterocycles. The van der Waals surface area contributed by atoms with Crippen LogP contribution in [0.3, 0.4) is 0 Å². The first-order valence-electron chi connectivity index (χ1n) is 8.39. The van der Waals surface area contributed by atoms with Crippen molar-refractivity contribution in [3.63, 3.8) is 0 Å². The molecule has 0 spiro atoms. The molecule has 2 fully saturated rings. The SMILES string of the molecule is Cn1cc(CN2CC[C@@H]3[C@@H]2CCN3C(=O)C2CC=CC2)cn1. The molecule has 0 saturated carbocycles. The van der Waals surface area contributed by atoms with Gasteiger partial charge in [0.2, 0.25) is 5.91 Å². The first-order valence-corrected chi connectivity index (χ1v) is 8.39. The number of hydrogen-bond acceptors (Lipinski definition) is 3. The van der Waals surface area contributed by atoms with Gasteiger partial charge in [-0.1, -0.05) is 12.2 Å². The maximum absolute atomic E-state index is 12.7. The summed E-state index contributed by atoms with van der Waals surface area (Å²) in [5, 5.41) is 4.26. The lowest BCUT2D eigenvalue weighted by molar-refractivity contribution is -0.136. The van der Waals surface area contributed by atoms with Crippen LogP contribution in [0.1, 0.15) is 31.2 Å². The quantitative estimate of drug-likeness (QED) is 0.796. The third-order valence-electron chi connectivity index (χ3n) is 5.48. The molecule has 1 aromatic heterocycles. The van der Waals surface area contributed by atoms with E-state index in [4.69, 9.17) is 0 Å². The van der Waals surface area contributed by atoms with E-state index in [1.165, 1.54) is 5.56 Å². The fraction of sp³-hybridized carbons (Fsp3) is 0.647. The number of allylic oxidation sites excluding steroid dienone is 2. The Morgan fingerprint density at radius 3 is 2.73 bits per heavy atom. The molecule has 2 atom stereocenters. The minimum absolute atomic E-state index is 0.214. The Labute approximate surface area is 131 Å². The van der Waals surface area contributed by atoms with Crippen LogP contribution in [0.5, 0.6) is 0 Å². The van der Waals surface area contributed by atoms with Gasteiger partial charge in [-0.2, -0.15) is 5.10 Å². The van der Waals surface area contributed by atoms with Crippen molar-refractivity contribution >= 4 is 5.91 Å². The molecule has 1 aliphatic carbocycles. The van der Waals surface area contributed by atoms with E-state index in [1.54, 1.807) is 0 Å². The van der Waals surface area contributed by atoms with Crippen molar-refractivity contribution in [1.29, 1.82) is 0 Å². The molecule has 0 unspecified atom stereocenters. The molecule has 118 valence electrons. The van der Waals surface area contributed by atoms with Crippen molar-refractivity contribution in [3.05, 3.63) is 30.1 Å². The Kier molecular flexibility index (Phi) is 3.53. The molecule has 2 saturated heterocycles. The second-order valence-electron chi connectivity index (χ2n) is 6.88. The summed E-state index contributed by atoms with van der Waals surface area (Å²) < 4.78 is 1.86. The number of amides is 1. The molecule has 5 nitrogen and oxygen atoms in total. The highest BCUT2D eigenvalue weighted by molar-refractivity contribution is 5.80. The summed E-state index contributed by atoms with van der Waals surface area (Å²) in [6.07, 6.45) is 12.5. The number of carbonyl (C=O) groups is 1. The molecular formula is C17H24N4O. The Hall–Kier alpha value is -1.62. The highest BCUT2D eigenvalue weighted by Gasteiger charge is 2.45. The minimum Gasteiger partial charge on any atom is -0.338 e. The Bertz CT molecular complexity index is 585. The zero-order chi connectivity index (χ0) is 15.1. The number of likely N-dealkylation sites (tertiary alicyclic amines) is 2. The van der Waals surface area contributed by atoms with Gasteiger partial charge in [-0.05, 0) is 25.7 Å². The fourth-order valence-electron chi connectivity index (χ4n) is 4.39. The predicted octanol–water partition coefficient (Wildman–Crippen LogP) is 1.56. The summed E-state index contributed by atoms with van der Waals surface area (Å²) in [5.74, 6) is 0.604. The standard InChI is InChI=1S/C17H24N4O/c1-19-11-13(10-18-19)12-20-8-6-16-15(20)7-9-21(16)17(22)14-4-2-3-5-14/h2-3,10-11,14-16H,4-9,12H2,1H3/t15-,16+/m0/s1. The molecule has 1 aromatic rings. The van der Waals surface area contributed by atoms with Crippen molar-refractivity contribution < 1.29 is 4.79 Å². The van der Waals surface area contributed by atoms with Crippen molar-refractivity contribution in [2.75, 3.05) is 13.1 Å².